The van der Waals surface area contributed by atoms with Gasteiger partial charge in [-0.1, -0.05) is 36.8 Å². The van der Waals surface area contributed by atoms with Crippen molar-refractivity contribution in [2.24, 2.45) is 11.7 Å². The van der Waals surface area contributed by atoms with Crippen LogP contribution in [0.5, 0.6) is 0 Å². The van der Waals surface area contributed by atoms with E-state index in [2.05, 4.69) is 5.32 Å². The van der Waals surface area contributed by atoms with E-state index < -0.39 is 6.10 Å². The third-order valence-corrected chi connectivity index (χ3v) is 4.00. The summed E-state index contributed by atoms with van der Waals surface area (Å²) in [6.07, 6.45) is 2.37. The van der Waals surface area contributed by atoms with Crippen LogP contribution in [0.25, 0.3) is 0 Å². The maximum absolute atomic E-state index is 12.0. The molecule has 3 unspecified atom stereocenters. The molecule has 0 aliphatic heterocycles. The molecule has 0 radical (unpaired) electrons. The number of benzene rings is 1. The van der Waals surface area contributed by atoms with E-state index in [-0.39, 0.29) is 30.2 Å². The zero-order valence-electron chi connectivity index (χ0n) is 12.0. The lowest BCUT2D eigenvalue weighted by molar-refractivity contribution is -0.126. The van der Waals surface area contributed by atoms with Crippen LogP contribution in [0.3, 0.4) is 0 Å². The molecule has 1 aromatic carbocycles. The van der Waals surface area contributed by atoms with Crippen molar-refractivity contribution < 1.29 is 14.7 Å². The highest BCUT2D eigenvalue weighted by Crippen LogP contribution is 2.24. The van der Waals surface area contributed by atoms with E-state index in [4.69, 9.17) is 5.73 Å². The average Bonchev–Trinajstić information content (AvgIpc) is 2.48. The Kier molecular flexibility index (Phi) is 5.33. The van der Waals surface area contributed by atoms with E-state index in [1.807, 2.05) is 18.2 Å². The highest BCUT2D eigenvalue weighted by Gasteiger charge is 2.27. The molecule has 4 N–H and O–H groups in total. The minimum atomic E-state index is -0.804. The van der Waals surface area contributed by atoms with E-state index in [1.165, 1.54) is 0 Å². The summed E-state index contributed by atoms with van der Waals surface area (Å²) >= 11 is 0. The number of hydrogen-bond donors (Lipinski definition) is 3. The summed E-state index contributed by atoms with van der Waals surface area (Å²) < 4.78 is 0. The van der Waals surface area contributed by atoms with Crippen molar-refractivity contribution >= 4 is 11.8 Å². The molecule has 21 heavy (non-hydrogen) atoms. The molecule has 0 bridgehead atoms. The van der Waals surface area contributed by atoms with Crippen LogP contribution >= 0.6 is 0 Å². The fourth-order valence-corrected chi connectivity index (χ4v) is 2.83. The van der Waals surface area contributed by atoms with Gasteiger partial charge in [0.15, 0.2) is 0 Å². The van der Waals surface area contributed by atoms with Crippen molar-refractivity contribution in [1.29, 1.82) is 0 Å². The number of primary amides is 1. The third kappa shape index (κ3) is 4.56. The number of nitrogens with two attached hydrogens (primary N) is 1. The Hall–Kier alpha value is -1.88. The summed E-state index contributed by atoms with van der Waals surface area (Å²) in [5, 5.41) is 12.9. The van der Waals surface area contributed by atoms with Crippen molar-refractivity contribution in [2.45, 2.75) is 44.2 Å². The molecular weight excluding hydrogens is 268 g/mol. The third-order valence-electron chi connectivity index (χ3n) is 4.00. The Morgan fingerprint density at radius 3 is 2.67 bits per heavy atom. The Balaban J connectivity index is 1.83. The number of carbonyl (C=O) groups is 2. The number of carbonyl (C=O) groups excluding carboxylic acids is 2. The van der Waals surface area contributed by atoms with E-state index >= 15 is 0 Å². The molecule has 5 heteroatoms. The minimum absolute atomic E-state index is 0.0216. The van der Waals surface area contributed by atoms with Gasteiger partial charge in [0.05, 0.1) is 12.5 Å². The van der Waals surface area contributed by atoms with Gasteiger partial charge < -0.3 is 16.2 Å². The van der Waals surface area contributed by atoms with Gasteiger partial charge in [-0.25, -0.2) is 0 Å². The van der Waals surface area contributed by atoms with Crippen LogP contribution in [0.1, 0.15) is 43.8 Å². The van der Waals surface area contributed by atoms with Crippen molar-refractivity contribution in [3.05, 3.63) is 35.9 Å². The van der Waals surface area contributed by atoms with E-state index in [0.717, 1.165) is 24.8 Å². The lowest BCUT2D eigenvalue weighted by Gasteiger charge is -2.28. The first kappa shape index (κ1) is 15.5. The van der Waals surface area contributed by atoms with Crippen LogP contribution in [-0.4, -0.2) is 23.0 Å². The predicted octanol–water partition coefficient (Wildman–Crippen LogP) is 1.27. The lowest BCUT2D eigenvalue weighted by atomic mass is 9.85. The number of rotatable bonds is 5. The van der Waals surface area contributed by atoms with Crippen LogP contribution in [0.15, 0.2) is 30.3 Å². The second kappa shape index (κ2) is 7.22. The molecule has 1 saturated carbocycles. The Morgan fingerprint density at radius 2 is 2.00 bits per heavy atom. The Labute approximate surface area is 124 Å². The van der Waals surface area contributed by atoms with Crippen molar-refractivity contribution in [3.63, 3.8) is 0 Å². The highest BCUT2D eigenvalue weighted by molar-refractivity contribution is 5.78. The molecule has 2 amide bonds. The summed E-state index contributed by atoms with van der Waals surface area (Å²) in [7, 11) is 0. The van der Waals surface area contributed by atoms with Crippen LogP contribution in [0.2, 0.25) is 0 Å². The van der Waals surface area contributed by atoms with Gasteiger partial charge in [-0.15, -0.1) is 0 Å². The van der Waals surface area contributed by atoms with Crippen molar-refractivity contribution in [3.8, 4) is 0 Å². The molecule has 1 aliphatic carbocycles. The van der Waals surface area contributed by atoms with Gasteiger partial charge in [0.1, 0.15) is 0 Å². The molecule has 2 rings (SSSR count). The molecule has 1 aliphatic rings. The largest absolute Gasteiger partial charge is 0.388 e. The fraction of sp³-hybridized carbons (Fsp3) is 0.500. The fourth-order valence-electron chi connectivity index (χ4n) is 2.83. The van der Waals surface area contributed by atoms with Gasteiger partial charge in [0, 0.05) is 12.0 Å². The summed E-state index contributed by atoms with van der Waals surface area (Å²) in [4.78, 5) is 23.2. The number of amides is 2. The first-order valence-electron chi connectivity index (χ1n) is 7.38. The average molecular weight is 290 g/mol. The SMILES string of the molecule is NC(=O)C1CCCC(NC(=O)CC(O)c2ccccc2)C1. The summed E-state index contributed by atoms with van der Waals surface area (Å²) in [5.41, 5.74) is 6.05. The van der Waals surface area contributed by atoms with Gasteiger partial charge in [-0.2, -0.15) is 0 Å². The van der Waals surface area contributed by atoms with Crippen molar-refractivity contribution in [1.82, 2.24) is 5.32 Å². The molecule has 0 heterocycles. The molecule has 1 fully saturated rings. The molecule has 0 aromatic heterocycles. The van der Waals surface area contributed by atoms with Crippen LogP contribution < -0.4 is 11.1 Å². The van der Waals surface area contributed by atoms with Gasteiger partial charge in [0.2, 0.25) is 11.8 Å². The molecule has 5 nitrogen and oxygen atoms in total. The van der Waals surface area contributed by atoms with E-state index in [0.29, 0.717) is 6.42 Å². The van der Waals surface area contributed by atoms with Gasteiger partial charge in [-0.3, -0.25) is 9.59 Å². The maximum atomic E-state index is 12.0. The van der Waals surface area contributed by atoms with Gasteiger partial charge in [0.25, 0.3) is 0 Å². The second-order valence-electron chi connectivity index (χ2n) is 5.66. The predicted molar refractivity (Wildman–Crippen MR) is 79.1 cm³/mol. The van der Waals surface area contributed by atoms with Crippen LogP contribution in [0, 0.1) is 5.92 Å². The Morgan fingerprint density at radius 1 is 1.29 bits per heavy atom. The normalized spacial score (nSPS) is 23.3. The molecule has 0 spiro atoms. The van der Waals surface area contributed by atoms with Crippen molar-refractivity contribution in [2.75, 3.05) is 0 Å². The molecule has 0 saturated heterocycles. The molecule has 114 valence electrons. The highest BCUT2D eigenvalue weighted by atomic mass is 16.3. The summed E-state index contributed by atoms with van der Waals surface area (Å²) in [6, 6.07) is 9.09. The maximum Gasteiger partial charge on any atom is 0.223 e. The number of aliphatic hydroxyl groups excluding tert-OH is 1. The first-order chi connectivity index (χ1) is 10.1. The zero-order valence-corrected chi connectivity index (χ0v) is 12.0. The molecule has 3 atom stereocenters. The summed E-state index contributed by atoms with van der Waals surface area (Å²) in [5.74, 6) is -0.636. The van der Waals surface area contributed by atoms with E-state index in [1.54, 1.807) is 12.1 Å². The standard InChI is InChI=1S/C16H22N2O3/c17-16(21)12-7-4-8-13(9-12)18-15(20)10-14(19)11-5-2-1-3-6-11/h1-3,5-6,12-14,19H,4,7-10H2,(H2,17,21)(H,18,20). The smallest absolute Gasteiger partial charge is 0.223 e. The Bertz CT molecular complexity index is 490. The monoisotopic (exact) mass is 290 g/mol. The second-order valence-corrected chi connectivity index (χ2v) is 5.66. The topological polar surface area (TPSA) is 92.4 Å². The summed E-state index contributed by atoms with van der Waals surface area (Å²) in [6.45, 7) is 0. The number of hydrogen-bond acceptors (Lipinski definition) is 3. The minimum Gasteiger partial charge on any atom is -0.388 e. The van der Waals surface area contributed by atoms with Gasteiger partial charge >= 0.3 is 0 Å². The number of aliphatic hydroxyl groups is 1. The first-order valence-corrected chi connectivity index (χ1v) is 7.38. The van der Waals surface area contributed by atoms with Crippen LogP contribution in [0.4, 0.5) is 0 Å². The number of nitrogens with one attached hydrogen (secondary N) is 1. The van der Waals surface area contributed by atoms with Crippen LogP contribution in [-0.2, 0) is 9.59 Å². The van der Waals surface area contributed by atoms with Gasteiger partial charge in [-0.05, 0) is 24.8 Å². The van der Waals surface area contributed by atoms with E-state index in [9.17, 15) is 14.7 Å². The molecule has 1 aromatic rings. The molecular formula is C16H22N2O3. The quantitative estimate of drug-likeness (QED) is 0.762. The zero-order chi connectivity index (χ0) is 15.2. The lowest BCUT2D eigenvalue weighted by Crippen LogP contribution is -2.41.